The molecule has 106 valence electrons. The van der Waals surface area contributed by atoms with Crippen LogP contribution in [-0.4, -0.2) is 22.2 Å². The SMILES string of the molecule is NCC1(c2cnn(Cc3ccccc3)c2)CC(F)(F)C1. The zero-order valence-electron chi connectivity index (χ0n) is 11.1. The third-order valence-corrected chi connectivity index (χ3v) is 4.02. The number of nitrogens with zero attached hydrogens (tertiary/aromatic N) is 2. The van der Waals surface area contributed by atoms with Gasteiger partial charge in [-0.05, 0) is 11.1 Å². The number of hydrogen-bond acceptors (Lipinski definition) is 2. The van der Waals surface area contributed by atoms with Crippen molar-refractivity contribution in [1.29, 1.82) is 0 Å². The molecule has 0 amide bonds. The van der Waals surface area contributed by atoms with Crippen LogP contribution in [0, 0.1) is 0 Å². The summed E-state index contributed by atoms with van der Waals surface area (Å²) < 4.78 is 28.1. The van der Waals surface area contributed by atoms with Gasteiger partial charge in [-0.25, -0.2) is 8.78 Å². The van der Waals surface area contributed by atoms with E-state index in [1.54, 1.807) is 10.9 Å². The maximum absolute atomic E-state index is 13.2. The zero-order chi connectivity index (χ0) is 14.2. The van der Waals surface area contributed by atoms with Crippen molar-refractivity contribution in [3.05, 3.63) is 53.9 Å². The Balaban J connectivity index is 1.77. The largest absolute Gasteiger partial charge is 0.330 e. The molecule has 5 heteroatoms. The highest BCUT2D eigenvalue weighted by atomic mass is 19.3. The van der Waals surface area contributed by atoms with E-state index in [9.17, 15) is 8.78 Å². The molecule has 1 aromatic carbocycles. The van der Waals surface area contributed by atoms with Crippen LogP contribution in [0.4, 0.5) is 8.78 Å². The van der Waals surface area contributed by atoms with Crippen LogP contribution < -0.4 is 5.73 Å². The van der Waals surface area contributed by atoms with Gasteiger partial charge in [0.05, 0.1) is 12.7 Å². The Labute approximate surface area is 116 Å². The normalized spacial score (nSPS) is 19.6. The monoisotopic (exact) mass is 277 g/mol. The van der Waals surface area contributed by atoms with E-state index in [0.717, 1.165) is 11.1 Å². The summed E-state index contributed by atoms with van der Waals surface area (Å²) in [7, 11) is 0. The number of halogens is 2. The molecule has 1 aromatic heterocycles. The lowest BCUT2D eigenvalue weighted by Gasteiger charge is -2.46. The fraction of sp³-hybridized carbons (Fsp3) is 0.400. The van der Waals surface area contributed by atoms with Gasteiger partial charge in [0, 0.05) is 31.0 Å². The Kier molecular flexibility index (Phi) is 3.09. The minimum Gasteiger partial charge on any atom is -0.330 e. The van der Waals surface area contributed by atoms with Crippen molar-refractivity contribution in [2.45, 2.75) is 30.7 Å². The molecule has 1 fully saturated rings. The predicted octanol–water partition coefficient (Wildman–Crippen LogP) is 2.56. The minimum atomic E-state index is -2.58. The first kappa shape index (κ1) is 13.2. The predicted molar refractivity (Wildman–Crippen MR) is 72.7 cm³/mol. The summed E-state index contributed by atoms with van der Waals surface area (Å²) in [5, 5.41) is 4.27. The van der Waals surface area contributed by atoms with Crippen molar-refractivity contribution in [2.75, 3.05) is 6.54 Å². The highest BCUT2D eigenvalue weighted by molar-refractivity contribution is 5.27. The molecular formula is C15H17F2N3. The van der Waals surface area contributed by atoms with Gasteiger partial charge in [-0.2, -0.15) is 5.10 Å². The third kappa shape index (κ3) is 2.33. The number of hydrogen-bond donors (Lipinski definition) is 1. The summed E-state index contributed by atoms with van der Waals surface area (Å²) in [5.41, 5.74) is 7.06. The molecule has 0 bridgehead atoms. The van der Waals surface area contributed by atoms with Gasteiger partial charge in [0.2, 0.25) is 5.92 Å². The second kappa shape index (κ2) is 4.66. The highest BCUT2D eigenvalue weighted by Gasteiger charge is 2.56. The van der Waals surface area contributed by atoms with Gasteiger partial charge >= 0.3 is 0 Å². The average Bonchev–Trinajstić information content (AvgIpc) is 2.85. The third-order valence-electron chi connectivity index (χ3n) is 4.02. The first-order chi connectivity index (χ1) is 9.53. The fourth-order valence-electron chi connectivity index (χ4n) is 2.90. The van der Waals surface area contributed by atoms with Crippen LogP contribution in [-0.2, 0) is 12.0 Å². The Morgan fingerprint density at radius 1 is 1.20 bits per heavy atom. The number of benzene rings is 1. The van der Waals surface area contributed by atoms with Crippen LogP contribution in [0.25, 0.3) is 0 Å². The highest BCUT2D eigenvalue weighted by Crippen LogP contribution is 2.52. The van der Waals surface area contributed by atoms with Gasteiger partial charge in [0.25, 0.3) is 0 Å². The van der Waals surface area contributed by atoms with E-state index in [1.165, 1.54) is 0 Å². The van der Waals surface area contributed by atoms with Gasteiger partial charge in [0.1, 0.15) is 0 Å². The van der Waals surface area contributed by atoms with E-state index in [0.29, 0.717) is 6.54 Å². The van der Waals surface area contributed by atoms with E-state index in [4.69, 9.17) is 5.73 Å². The van der Waals surface area contributed by atoms with Gasteiger partial charge in [-0.1, -0.05) is 30.3 Å². The summed E-state index contributed by atoms with van der Waals surface area (Å²) >= 11 is 0. The lowest BCUT2D eigenvalue weighted by Crippen LogP contribution is -2.53. The molecule has 1 saturated carbocycles. The Morgan fingerprint density at radius 2 is 1.90 bits per heavy atom. The second-order valence-electron chi connectivity index (χ2n) is 5.61. The van der Waals surface area contributed by atoms with Gasteiger partial charge in [0.15, 0.2) is 0 Å². The van der Waals surface area contributed by atoms with Crippen molar-refractivity contribution >= 4 is 0 Å². The standard InChI is InChI=1S/C15H17F2N3/c16-15(17)9-14(10-15,11-18)13-6-19-20(8-13)7-12-4-2-1-3-5-12/h1-6,8H,7,9-11,18H2. The van der Waals surface area contributed by atoms with Crippen molar-refractivity contribution in [1.82, 2.24) is 9.78 Å². The van der Waals surface area contributed by atoms with Crippen LogP contribution in [0.5, 0.6) is 0 Å². The molecule has 0 atom stereocenters. The molecule has 0 saturated heterocycles. The van der Waals surface area contributed by atoms with E-state index in [1.807, 2.05) is 36.5 Å². The molecule has 2 N–H and O–H groups in total. The summed E-state index contributed by atoms with van der Waals surface area (Å²) in [4.78, 5) is 0. The molecule has 0 radical (unpaired) electrons. The second-order valence-corrected chi connectivity index (χ2v) is 5.61. The topological polar surface area (TPSA) is 43.8 Å². The minimum absolute atomic E-state index is 0.173. The van der Waals surface area contributed by atoms with E-state index < -0.39 is 11.3 Å². The molecule has 1 aliphatic carbocycles. The van der Waals surface area contributed by atoms with Crippen LogP contribution >= 0.6 is 0 Å². The Hall–Kier alpha value is -1.75. The van der Waals surface area contributed by atoms with Crippen molar-refractivity contribution in [3.63, 3.8) is 0 Å². The molecule has 0 aliphatic heterocycles. The number of rotatable bonds is 4. The van der Waals surface area contributed by atoms with Crippen LogP contribution in [0.1, 0.15) is 24.0 Å². The lowest BCUT2D eigenvalue weighted by molar-refractivity contribution is -0.123. The average molecular weight is 277 g/mol. The first-order valence-corrected chi connectivity index (χ1v) is 6.68. The molecule has 20 heavy (non-hydrogen) atoms. The maximum atomic E-state index is 13.2. The molecule has 0 spiro atoms. The Morgan fingerprint density at radius 3 is 2.50 bits per heavy atom. The van der Waals surface area contributed by atoms with E-state index in [-0.39, 0.29) is 19.4 Å². The van der Waals surface area contributed by atoms with Crippen LogP contribution in [0.2, 0.25) is 0 Å². The van der Waals surface area contributed by atoms with E-state index >= 15 is 0 Å². The molecule has 1 aliphatic rings. The number of aromatic nitrogens is 2. The maximum Gasteiger partial charge on any atom is 0.250 e. The molecule has 2 aromatic rings. The zero-order valence-corrected chi connectivity index (χ0v) is 11.1. The lowest BCUT2D eigenvalue weighted by atomic mass is 9.63. The number of alkyl halides is 2. The Bertz CT molecular complexity index is 584. The summed E-state index contributed by atoms with van der Waals surface area (Å²) in [5.74, 6) is -2.58. The fourth-order valence-corrected chi connectivity index (χ4v) is 2.90. The molecule has 0 unspecified atom stereocenters. The summed E-state index contributed by atoms with van der Waals surface area (Å²) in [6.07, 6.45) is 3.17. The molecular weight excluding hydrogens is 260 g/mol. The van der Waals surface area contributed by atoms with Crippen molar-refractivity contribution < 1.29 is 8.78 Å². The van der Waals surface area contributed by atoms with E-state index in [2.05, 4.69) is 5.10 Å². The summed E-state index contributed by atoms with van der Waals surface area (Å²) in [6, 6.07) is 9.91. The smallest absolute Gasteiger partial charge is 0.250 e. The van der Waals surface area contributed by atoms with Gasteiger partial charge < -0.3 is 5.73 Å². The quantitative estimate of drug-likeness (QED) is 0.933. The summed E-state index contributed by atoms with van der Waals surface area (Å²) in [6.45, 7) is 0.873. The van der Waals surface area contributed by atoms with Gasteiger partial charge in [-0.3, -0.25) is 4.68 Å². The van der Waals surface area contributed by atoms with Crippen LogP contribution in [0.15, 0.2) is 42.7 Å². The van der Waals surface area contributed by atoms with Gasteiger partial charge in [-0.15, -0.1) is 0 Å². The first-order valence-electron chi connectivity index (χ1n) is 6.68. The van der Waals surface area contributed by atoms with Crippen LogP contribution in [0.3, 0.4) is 0 Å². The van der Waals surface area contributed by atoms with Crippen molar-refractivity contribution in [3.8, 4) is 0 Å². The molecule has 3 rings (SSSR count). The number of nitrogens with two attached hydrogens (primary N) is 1. The molecule has 3 nitrogen and oxygen atoms in total. The molecule has 1 heterocycles. The van der Waals surface area contributed by atoms with Crippen molar-refractivity contribution in [2.24, 2.45) is 5.73 Å².